The zero-order valence-corrected chi connectivity index (χ0v) is 12.7. The summed E-state index contributed by atoms with van der Waals surface area (Å²) < 4.78 is 39.2. The van der Waals surface area contributed by atoms with Gasteiger partial charge in [-0.2, -0.15) is 13.2 Å². The summed E-state index contributed by atoms with van der Waals surface area (Å²) in [6.07, 6.45) is -3.99. The third-order valence-electron chi connectivity index (χ3n) is 3.68. The number of piperidine rings is 1. The normalized spacial score (nSPS) is 21.9. The van der Waals surface area contributed by atoms with Crippen LogP contribution in [0.15, 0.2) is 22.7 Å². The molecular formula is C14H17BrF3NO. The summed E-state index contributed by atoms with van der Waals surface area (Å²) >= 11 is 3.39. The fourth-order valence-corrected chi connectivity index (χ4v) is 3.15. The summed E-state index contributed by atoms with van der Waals surface area (Å²) in [7, 11) is 0. The highest BCUT2D eigenvalue weighted by Crippen LogP contribution is 2.37. The maximum Gasteiger partial charge on any atom is 0.393 e. The SMILES string of the molecule is C[C@@H](O)c1ccc(N2CCCC(C(F)(F)F)C2)c(Br)c1. The smallest absolute Gasteiger partial charge is 0.389 e. The number of nitrogens with zero attached hydrogens (tertiary/aromatic N) is 1. The van der Waals surface area contributed by atoms with Crippen molar-refractivity contribution in [3.63, 3.8) is 0 Å². The second-order valence-corrected chi connectivity index (χ2v) is 6.07. The first kappa shape index (κ1) is 15.6. The number of anilines is 1. The maximum absolute atomic E-state index is 12.8. The molecule has 1 heterocycles. The lowest BCUT2D eigenvalue weighted by Gasteiger charge is -2.36. The molecule has 1 aliphatic rings. The number of benzene rings is 1. The largest absolute Gasteiger partial charge is 0.393 e. The molecule has 0 aromatic heterocycles. The van der Waals surface area contributed by atoms with Crippen LogP contribution in [0.25, 0.3) is 0 Å². The highest BCUT2D eigenvalue weighted by Gasteiger charge is 2.42. The third-order valence-corrected chi connectivity index (χ3v) is 4.31. The molecule has 2 atom stereocenters. The second kappa shape index (κ2) is 5.93. The standard InChI is InChI=1S/C14H17BrF3NO/c1-9(20)10-4-5-13(12(15)7-10)19-6-2-3-11(8-19)14(16,17)18/h4-5,7,9,11,20H,2-3,6,8H2,1H3/t9-,11?/m1/s1. The molecule has 20 heavy (non-hydrogen) atoms. The van der Waals surface area contributed by atoms with Crippen molar-refractivity contribution in [2.75, 3.05) is 18.0 Å². The van der Waals surface area contributed by atoms with Gasteiger partial charge < -0.3 is 10.0 Å². The van der Waals surface area contributed by atoms with Gasteiger partial charge in [-0.15, -0.1) is 0 Å². The van der Waals surface area contributed by atoms with Gasteiger partial charge >= 0.3 is 6.18 Å². The van der Waals surface area contributed by atoms with Gasteiger partial charge in [0.25, 0.3) is 0 Å². The quantitative estimate of drug-likeness (QED) is 0.859. The van der Waals surface area contributed by atoms with Crippen LogP contribution >= 0.6 is 15.9 Å². The molecule has 0 amide bonds. The van der Waals surface area contributed by atoms with E-state index in [1.165, 1.54) is 0 Å². The van der Waals surface area contributed by atoms with Crippen molar-refractivity contribution in [2.24, 2.45) is 5.92 Å². The first-order valence-electron chi connectivity index (χ1n) is 6.58. The van der Waals surface area contributed by atoms with Crippen LogP contribution < -0.4 is 4.90 Å². The Hall–Kier alpha value is -0.750. The van der Waals surface area contributed by atoms with Crippen LogP contribution in [0.4, 0.5) is 18.9 Å². The predicted molar refractivity (Wildman–Crippen MR) is 75.8 cm³/mol. The molecule has 1 N–H and O–H groups in total. The van der Waals surface area contributed by atoms with Crippen molar-refractivity contribution >= 4 is 21.6 Å². The first-order valence-corrected chi connectivity index (χ1v) is 7.37. The fourth-order valence-electron chi connectivity index (χ4n) is 2.50. The molecule has 0 spiro atoms. The van der Waals surface area contributed by atoms with Crippen LogP contribution in [0, 0.1) is 5.92 Å². The van der Waals surface area contributed by atoms with Gasteiger partial charge in [0.15, 0.2) is 0 Å². The van der Waals surface area contributed by atoms with Crippen LogP contribution in [0.5, 0.6) is 0 Å². The molecule has 0 aliphatic carbocycles. The average Bonchev–Trinajstić information content (AvgIpc) is 2.37. The Balaban J connectivity index is 2.19. The third kappa shape index (κ3) is 3.47. The minimum atomic E-state index is -4.13. The summed E-state index contributed by atoms with van der Waals surface area (Å²) in [4.78, 5) is 1.76. The molecule has 2 rings (SSSR count). The minimum absolute atomic E-state index is 0.00384. The molecular weight excluding hydrogens is 335 g/mol. The Labute approximate surface area is 124 Å². The van der Waals surface area contributed by atoms with E-state index in [1.54, 1.807) is 30.0 Å². The molecule has 1 saturated heterocycles. The number of hydrogen-bond acceptors (Lipinski definition) is 2. The summed E-state index contributed by atoms with van der Waals surface area (Å²) in [5.74, 6) is -1.26. The van der Waals surface area contributed by atoms with E-state index in [-0.39, 0.29) is 13.0 Å². The number of alkyl halides is 3. The predicted octanol–water partition coefficient (Wildman–Crippen LogP) is 4.28. The summed E-state index contributed by atoms with van der Waals surface area (Å²) in [6, 6.07) is 5.28. The lowest BCUT2D eigenvalue weighted by molar-refractivity contribution is -0.175. The van der Waals surface area contributed by atoms with Crippen LogP contribution in [-0.2, 0) is 0 Å². The summed E-state index contributed by atoms with van der Waals surface area (Å²) in [6.45, 7) is 2.28. The first-order chi connectivity index (χ1) is 9.29. The molecule has 1 aliphatic heterocycles. The van der Waals surface area contributed by atoms with Crippen molar-refractivity contribution in [3.05, 3.63) is 28.2 Å². The van der Waals surface area contributed by atoms with E-state index in [2.05, 4.69) is 15.9 Å². The van der Waals surface area contributed by atoms with E-state index in [0.717, 1.165) is 15.7 Å². The zero-order valence-electron chi connectivity index (χ0n) is 11.1. The molecule has 2 nitrogen and oxygen atoms in total. The Morgan fingerprint density at radius 1 is 1.40 bits per heavy atom. The minimum Gasteiger partial charge on any atom is -0.389 e. The highest BCUT2D eigenvalue weighted by molar-refractivity contribution is 9.10. The number of halogens is 4. The number of rotatable bonds is 2. The van der Waals surface area contributed by atoms with Crippen molar-refractivity contribution in [1.82, 2.24) is 0 Å². The molecule has 0 bridgehead atoms. The van der Waals surface area contributed by atoms with E-state index < -0.39 is 18.2 Å². The van der Waals surface area contributed by atoms with Crippen LogP contribution in [0.2, 0.25) is 0 Å². The molecule has 1 fully saturated rings. The Bertz CT molecular complexity index is 476. The van der Waals surface area contributed by atoms with Crippen molar-refractivity contribution in [1.29, 1.82) is 0 Å². The maximum atomic E-state index is 12.8. The summed E-state index contributed by atoms with van der Waals surface area (Å²) in [5.41, 5.74) is 1.49. The van der Waals surface area contributed by atoms with E-state index >= 15 is 0 Å². The monoisotopic (exact) mass is 351 g/mol. The average molecular weight is 352 g/mol. The molecule has 6 heteroatoms. The Kier molecular flexibility index (Phi) is 4.64. The number of aliphatic hydroxyl groups excluding tert-OH is 1. The lowest BCUT2D eigenvalue weighted by atomic mass is 9.97. The van der Waals surface area contributed by atoms with Gasteiger partial charge in [-0.25, -0.2) is 0 Å². The fraction of sp³-hybridized carbons (Fsp3) is 0.571. The lowest BCUT2D eigenvalue weighted by Crippen LogP contribution is -2.41. The molecule has 1 aromatic rings. The van der Waals surface area contributed by atoms with Crippen molar-refractivity contribution in [2.45, 2.75) is 32.0 Å². The van der Waals surface area contributed by atoms with E-state index in [1.807, 2.05) is 0 Å². The van der Waals surface area contributed by atoms with Crippen LogP contribution in [0.1, 0.15) is 31.4 Å². The van der Waals surface area contributed by atoms with E-state index in [9.17, 15) is 18.3 Å². The number of hydrogen-bond donors (Lipinski definition) is 1. The van der Waals surface area contributed by atoms with Gasteiger partial charge in [-0.05, 0) is 53.4 Å². The van der Waals surface area contributed by atoms with Gasteiger partial charge in [-0.3, -0.25) is 0 Å². The van der Waals surface area contributed by atoms with Gasteiger partial charge in [0, 0.05) is 17.6 Å². The Morgan fingerprint density at radius 2 is 2.10 bits per heavy atom. The van der Waals surface area contributed by atoms with Crippen LogP contribution in [0.3, 0.4) is 0 Å². The number of aliphatic hydroxyl groups is 1. The van der Waals surface area contributed by atoms with Gasteiger partial charge in [-0.1, -0.05) is 6.07 Å². The molecule has 0 radical (unpaired) electrons. The molecule has 1 unspecified atom stereocenters. The molecule has 1 aromatic carbocycles. The zero-order chi connectivity index (χ0) is 14.9. The van der Waals surface area contributed by atoms with Gasteiger partial charge in [0.2, 0.25) is 0 Å². The highest BCUT2D eigenvalue weighted by atomic mass is 79.9. The summed E-state index contributed by atoms with van der Waals surface area (Å²) in [5, 5.41) is 9.51. The van der Waals surface area contributed by atoms with E-state index in [4.69, 9.17) is 0 Å². The second-order valence-electron chi connectivity index (χ2n) is 5.21. The van der Waals surface area contributed by atoms with Crippen LogP contribution in [-0.4, -0.2) is 24.4 Å². The van der Waals surface area contributed by atoms with Gasteiger partial charge in [0.1, 0.15) is 0 Å². The molecule has 112 valence electrons. The topological polar surface area (TPSA) is 23.5 Å². The van der Waals surface area contributed by atoms with Gasteiger partial charge in [0.05, 0.1) is 17.7 Å². The Morgan fingerprint density at radius 3 is 2.65 bits per heavy atom. The van der Waals surface area contributed by atoms with E-state index in [0.29, 0.717) is 13.0 Å². The van der Waals surface area contributed by atoms with Crippen molar-refractivity contribution < 1.29 is 18.3 Å². The van der Waals surface area contributed by atoms with Crippen molar-refractivity contribution in [3.8, 4) is 0 Å². The molecule has 0 saturated carbocycles.